The summed E-state index contributed by atoms with van der Waals surface area (Å²) in [5.74, 6) is 0.105. The number of nitrogens with zero attached hydrogens (tertiary/aromatic N) is 4. The molecule has 3 aromatic heterocycles. The van der Waals surface area contributed by atoms with Crippen LogP contribution in [0.4, 0.5) is 0 Å². The first kappa shape index (κ1) is 18.1. The van der Waals surface area contributed by atoms with E-state index in [2.05, 4.69) is 21.1 Å². The maximum Gasteiger partial charge on any atom is 0.165 e. The van der Waals surface area contributed by atoms with Crippen LogP contribution in [0, 0.1) is 6.92 Å². The zero-order valence-electron chi connectivity index (χ0n) is 15.6. The fourth-order valence-corrected chi connectivity index (χ4v) is 6.41. The Balaban J connectivity index is 1.83. The Labute approximate surface area is 161 Å². The van der Waals surface area contributed by atoms with Crippen molar-refractivity contribution < 1.29 is 8.42 Å². The number of nitrogens with two attached hydrogens (primary N) is 1. The van der Waals surface area contributed by atoms with Gasteiger partial charge in [-0.15, -0.1) is 11.3 Å². The minimum absolute atomic E-state index is 0.0578. The van der Waals surface area contributed by atoms with Crippen molar-refractivity contribution >= 4 is 32.7 Å². The van der Waals surface area contributed by atoms with E-state index < -0.39 is 20.1 Å². The first-order chi connectivity index (χ1) is 12.5. The lowest BCUT2D eigenvalue weighted by Gasteiger charge is -2.37. The summed E-state index contributed by atoms with van der Waals surface area (Å²) >= 11 is 1.55. The van der Waals surface area contributed by atoms with E-state index in [1.807, 2.05) is 32.2 Å². The number of fused-ring (bicyclic) bond motifs is 1. The summed E-state index contributed by atoms with van der Waals surface area (Å²) in [4.78, 5) is 10.8. The van der Waals surface area contributed by atoms with Crippen molar-refractivity contribution in [1.29, 1.82) is 0 Å². The number of amidine groups is 1. The van der Waals surface area contributed by atoms with Gasteiger partial charge in [0.1, 0.15) is 22.4 Å². The Morgan fingerprint density at radius 2 is 2.00 bits per heavy atom. The molecule has 0 saturated heterocycles. The highest BCUT2D eigenvalue weighted by Gasteiger charge is 2.49. The molecule has 0 saturated carbocycles. The Morgan fingerprint density at radius 3 is 2.70 bits per heavy atom. The van der Waals surface area contributed by atoms with Crippen LogP contribution >= 0.6 is 11.3 Å². The van der Waals surface area contributed by atoms with Crippen molar-refractivity contribution in [2.24, 2.45) is 10.7 Å². The van der Waals surface area contributed by atoms with Gasteiger partial charge in [0.2, 0.25) is 0 Å². The fraction of sp³-hybridized carbons (Fsp3) is 0.389. The number of thiophene rings is 1. The van der Waals surface area contributed by atoms with Crippen molar-refractivity contribution in [1.82, 2.24) is 14.6 Å². The molecule has 0 spiro atoms. The Kier molecular flexibility index (Phi) is 3.77. The van der Waals surface area contributed by atoms with Crippen LogP contribution < -0.4 is 5.73 Å². The van der Waals surface area contributed by atoms with Crippen LogP contribution in [0.15, 0.2) is 35.7 Å². The quantitative estimate of drug-likeness (QED) is 0.708. The van der Waals surface area contributed by atoms with Crippen molar-refractivity contribution in [2.45, 2.75) is 38.0 Å². The van der Waals surface area contributed by atoms with E-state index in [-0.39, 0.29) is 11.6 Å². The molecule has 3 aromatic rings. The number of pyridine rings is 1. The minimum Gasteiger partial charge on any atom is -0.386 e. The molecule has 27 heavy (non-hydrogen) atoms. The van der Waals surface area contributed by atoms with Gasteiger partial charge in [-0.3, -0.25) is 4.99 Å². The monoisotopic (exact) mass is 403 g/mol. The third-order valence-electron chi connectivity index (χ3n) is 5.20. The van der Waals surface area contributed by atoms with E-state index in [4.69, 9.17) is 5.73 Å². The number of hydrogen-bond acceptors (Lipinski definition) is 7. The maximum absolute atomic E-state index is 12.8. The van der Waals surface area contributed by atoms with E-state index in [0.717, 1.165) is 26.5 Å². The first-order valence-electron chi connectivity index (χ1n) is 8.52. The highest BCUT2D eigenvalue weighted by Crippen LogP contribution is 2.43. The molecular formula is C18H21N5O2S2. The first-order valence-corrected chi connectivity index (χ1v) is 11.0. The van der Waals surface area contributed by atoms with Gasteiger partial charge in [-0.2, -0.15) is 5.10 Å². The van der Waals surface area contributed by atoms with Gasteiger partial charge in [0.05, 0.1) is 5.75 Å². The lowest BCUT2D eigenvalue weighted by atomic mass is 9.99. The molecule has 0 bridgehead atoms. The number of aryl methyl sites for hydroxylation is 1. The number of rotatable bonds is 2. The van der Waals surface area contributed by atoms with Gasteiger partial charge in [-0.25, -0.2) is 17.9 Å². The standard InChI is InChI=1S/C18H21N5O2S2/c1-11-7-13(12-5-6-23-14(8-12)20-10-21-23)26-15(11)18(4)9-27(24,25)17(2,3)16(19)22-18/h5-8,10H,9H2,1-4H3,(H2,19,22)/t18-/m0/s1. The van der Waals surface area contributed by atoms with Gasteiger partial charge in [-0.05, 0) is 57.0 Å². The molecule has 1 aliphatic rings. The molecule has 7 nitrogen and oxygen atoms in total. The van der Waals surface area contributed by atoms with Gasteiger partial charge < -0.3 is 5.73 Å². The van der Waals surface area contributed by atoms with Crippen LogP contribution in [0.3, 0.4) is 0 Å². The van der Waals surface area contributed by atoms with E-state index in [1.165, 1.54) is 6.33 Å². The Morgan fingerprint density at radius 1 is 1.26 bits per heavy atom. The highest BCUT2D eigenvalue weighted by atomic mass is 32.2. The highest BCUT2D eigenvalue weighted by molar-refractivity contribution is 7.93. The van der Waals surface area contributed by atoms with Crippen LogP contribution in [0.1, 0.15) is 31.2 Å². The number of sulfone groups is 1. The second-order valence-electron chi connectivity index (χ2n) is 7.64. The SMILES string of the molecule is Cc1cc(-c2ccn3ncnc3c2)sc1[C@]1(C)CS(=O)(=O)C(C)(C)C(N)=N1. The summed E-state index contributed by atoms with van der Waals surface area (Å²) in [6, 6.07) is 5.99. The summed E-state index contributed by atoms with van der Waals surface area (Å²) in [5.41, 5.74) is 7.97. The van der Waals surface area contributed by atoms with Crippen LogP contribution in [-0.4, -0.2) is 39.4 Å². The minimum atomic E-state index is -3.43. The van der Waals surface area contributed by atoms with Gasteiger partial charge >= 0.3 is 0 Å². The molecule has 4 heterocycles. The summed E-state index contributed by atoms with van der Waals surface area (Å²) in [5, 5.41) is 4.11. The van der Waals surface area contributed by atoms with E-state index in [0.29, 0.717) is 0 Å². The molecule has 4 rings (SSSR count). The molecule has 2 N–H and O–H groups in total. The molecular weight excluding hydrogens is 382 g/mol. The molecule has 1 aliphatic heterocycles. The summed E-state index contributed by atoms with van der Waals surface area (Å²) in [6.07, 6.45) is 3.37. The van der Waals surface area contributed by atoms with Gasteiger partial charge in [0.15, 0.2) is 15.5 Å². The molecule has 9 heteroatoms. The fourth-order valence-electron chi connectivity index (χ4n) is 3.39. The number of aliphatic imine (C=N–C) groups is 1. The molecule has 0 amide bonds. The number of aromatic nitrogens is 3. The van der Waals surface area contributed by atoms with Crippen LogP contribution in [0.5, 0.6) is 0 Å². The van der Waals surface area contributed by atoms with Gasteiger partial charge in [0, 0.05) is 16.0 Å². The van der Waals surface area contributed by atoms with Crippen molar-refractivity contribution in [3.05, 3.63) is 41.2 Å². The zero-order valence-corrected chi connectivity index (χ0v) is 17.2. The summed E-state index contributed by atoms with van der Waals surface area (Å²) in [6.45, 7) is 7.05. The lowest BCUT2D eigenvalue weighted by molar-refractivity contribution is 0.506. The average molecular weight is 404 g/mol. The average Bonchev–Trinajstić information content (AvgIpc) is 3.18. The van der Waals surface area contributed by atoms with Crippen molar-refractivity contribution in [2.75, 3.05) is 5.75 Å². The van der Waals surface area contributed by atoms with Gasteiger partial charge in [-0.1, -0.05) is 0 Å². The van der Waals surface area contributed by atoms with E-state index in [1.54, 1.807) is 29.7 Å². The van der Waals surface area contributed by atoms with Crippen molar-refractivity contribution in [3.63, 3.8) is 0 Å². The van der Waals surface area contributed by atoms with E-state index in [9.17, 15) is 8.42 Å². The molecule has 0 fully saturated rings. The molecule has 1 atom stereocenters. The predicted molar refractivity (Wildman–Crippen MR) is 108 cm³/mol. The van der Waals surface area contributed by atoms with Crippen molar-refractivity contribution in [3.8, 4) is 10.4 Å². The Bertz CT molecular complexity index is 1190. The molecule has 0 aromatic carbocycles. The number of hydrogen-bond donors (Lipinski definition) is 1. The molecule has 0 aliphatic carbocycles. The third-order valence-corrected chi connectivity index (χ3v) is 9.45. The molecule has 0 unspecified atom stereocenters. The maximum atomic E-state index is 12.8. The largest absolute Gasteiger partial charge is 0.386 e. The zero-order chi connectivity index (χ0) is 19.6. The van der Waals surface area contributed by atoms with Crippen LogP contribution in [0.25, 0.3) is 16.1 Å². The topological polar surface area (TPSA) is 103 Å². The predicted octanol–water partition coefficient (Wildman–Crippen LogP) is 2.55. The third kappa shape index (κ3) is 2.68. The lowest BCUT2D eigenvalue weighted by Crippen LogP contribution is -2.54. The van der Waals surface area contributed by atoms with Crippen LogP contribution in [0.2, 0.25) is 0 Å². The summed E-state index contributed by atoms with van der Waals surface area (Å²) in [7, 11) is -3.43. The molecule has 142 valence electrons. The summed E-state index contributed by atoms with van der Waals surface area (Å²) < 4.78 is 26.2. The second-order valence-corrected chi connectivity index (χ2v) is 11.2. The van der Waals surface area contributed by atoms with E-state index >= 15 is 0 Å². The van der Waals surface area contributed by atoms with Gasteiger partial charge in [0.25, 0.3) is 0 Å². The smallest absolute Gasteiger partial charge is 0.165 e. The second kappa shape index (κ2) is 5.62. The Hall–Kier alpha value is -2.26. The van der Waals surface area contributed by atoms with Crippen LogP contribution in [-0.2, 0) is 15.4 Å². The normalized spacial score (nSPS) is 24.1. The molecule has 0 radical (unpaired) electrons.